The Morgan fingerprint density at radius 3 is 2.59 bits per heavy atom. The fourth-order valence-electron chi connectivity index (χ4n) is 3.68. The maximum atomic E-state index is 12.4. The molecule has 4 rings (SSSR count). The highest BCUT2D eigenvalue weighted by atomic mass is 32.2. The second kappa shape index (κ2) is 9.94. The van der Waals surface area contributed by atoms with Gasteiger partial charge in [-0.1, -0.05) is 0 Å². The first-order valence-electron chi connectivity index (χ1n) is 11.1. The summed E-state index contributed by atoms with van der Waals surface area (Å²) in [4.78, 5) is 34.3. The summed E-state index contributed by atoms with van der Waals surface area (Å²) in [7, 11) is -3.78. The number of benzene rings is 1. The zero-order valence-corrected chi connectivity index (χ0v) is 19.7. The number of urea groups is 1. The molecular formula is C22H28N6O5S. The zero-order chi connectivity index (χ0) is 24.3. The number of nitrogens with two attached hydrogens (primary N) is 1. The molecule has 2 aliphatic rings. The highest BCUT2D eigenvalue weighted by Gasteiger charge is 2.25. The first kappa shape index (κ1) is 23.9. The first-order valence-corrected chi connectivity index (χ1v) is 12.9. The quantitative estimate of drug-likeness (QED) is 0.498. The number of primary amides is 1. The van der Waals surface area contributed by atoms with E-state index in [0.29, 0.717) is 42.7 Å². The number of nitrogens with zero attached hydrogens (tertiary/aromatic N) is 3. The number of sulfone groups is 1. The number of ether oxygens (including phenoxy) is 1. The predicted molar refractivity (Wildman–Crippen MR) is 127 cm³/mol. The number of anilines is 2. The number of aromatic nitrogens is 2. The van der Waals surface area contributed by atoms with Gasteiger partial charge in [-0.3, -0.25) is 4.79 Å². The summed E-state index contributed by atoms with van der Waals surface area (Å²) in [5.74, 6) is -1.17. The van der Waals surface area contributed by atoms with Crippen molar-refractivity contribution < 1.29 is 22.7 Å². The van der Waals surface area contributed by atoms with Crippen molar-refractivity contribution in [3.63, 3.8) is 0 Å². The molecule has 1 saturated heterocycles. The molecular weight excluding hydrogens is 460 g/mol. The van der Waals surface area contributed by atoms with Gasteiger partial charge in [0.1, 0.15) is 11.6 Å². The van der Waals surface area contributed by atoms with Gasteiger partial charge in [-0.15, -0.1) is 0 Å². The summed E-state index contributed by atoms with van der Waals surface area (Å²) in [6, 6.07) is 8.66. The van der Waals surface area contributed by atoms with Crippen LogP contribution >= 0.6 is 0 Å². The van der Waals surface area contributed by atoms with E-state index in [1.54, 1.807) is 30.3 Å². The summed E-state index contributed by atoms with van der Waals surface area (Å²) >= 11 is 0. The molecule has 2 fully saturated rings. The number of nitrogens with one attached hydrogen (secondary N) is 2. The molecule has 11 nitrogen and oxygen atoms in total. The maximum absolute atomic E-state index is 12.4. The van der Waals surface area contributed by atoms with E-state index in [9.17, 15) is 18.0 Å². The minimum Gasteiger partial charge on any atom is -0.377 e. The van der Waals surface area contributed by atoms with E-state index in [4.69, 9.17) is 10.5 Å². The van der Waals surface area contributed by atoms with Gasteiger partial charge in [0, 0.05) is 29.9 Å². The lowest BCUT2D eigenvalue weighted by Gasteiger charge is -2.34. The number of amides is 3. The Bertz CT molecular complexity index is 1170. The Kier molecular flexibility index (Phi) is 6.98. The van der Waals surface area contributed by atoms with Crippen LogP contribution in [0.2, 0.25) is 0 Å². The van der Waals surface area contributed by atoms with E-state index in [1.165, 1.54) is 0 Å². The lowest BCUT2D eigenvalue weighted by molar-refractivity contribution is -0.115. The van der Waals surface area contributed by atoms with Crippen LogP contribution in [0.25, 0.3) is 11.4 Å². The SMILES string of the molecule is C[C@H]1COCCN1c1cc(CS(=O)(=O)CC(N)=O)nc(-c2ccc(NC(=O)NC3CC3)cc2)n1. The largest absolute Gasteiger partial charge is 0.377 e. The molecule has 1 aromatic heterocycles. The summed E-state index contributed by atoms with van der Waals surface area (Å²) in [6.45, 7) is 3.65. The molecule has 0 spiro atoms. The molecule has 0 radical (unpaired) electrons. The fourth-order valence-corrected chi connectivity index (χ4v) is 4.81. The average molecular weight is 489 g/mol. The molecule has 1 aliphatic heterocycles. The van der Waals surface area contributed by atoms with Crippen molar-refractivity contribution in [2.24, 2.45) is 5.73 Å². The van der Waals surface area contributed by atoms with Crippen molar-refractivity contribution in [2.45, 2.75) is 37.6 Å². The van der Waals surface area contributed by atoms with E-state index in [1.807, 2.05) is 11.8 Å². The molecule has 182 valence electrons. The van der Waals surface area contributed by atoms with Gasteiger partial charge < -0.3 is 26.0 Å². The third kappa shape index (κ3) is 6.41. The van der Waals surface area contributed by atoms with E-state index in [-0.39, 0.29) is 23.8 Å². The van der Waals surface area contributed by atoms with Gasteiger partial charge in [-0.2, -0.15) is 0 Å². The van der Waals surface area contributed by atoms with Crippen molar-refractivity contribution in [1.82, 2.24) is 15.3 Å². The van der Waals surface area contributed by atoms with E-state index < -0.39 is 27.3 Å². The molecule has 34 heavy (non-hydrogen) atoms. The highest BCUT2D eigenvalue weighted by molar-refractivity contribution is 7.91. The van der Waals surface area contributed by atoms with Crippen LogP contribution in [0.4, 0.5) is 16.3 Å². The minimum absolute atomic E-state index is 0.0446. The summed E-state index contributed by atoms with van der Waals surface area (Å²) in [6.07, 6.45) is 2.00. The summed E-state index contributed by atoms with van der Waals surface area (Å²) in [5, 5.41) is 5.64. The molecule has 1 atom stereocenters. The third-order valence-corrected chi connectivity index (χ3v) is 6.93. The molecule has 2 heterocycles. The lowest BCUT2D eigenvalue weighted by atomic mass is 10.2. The van der Waals surface area contributed by atoms with E-state index in [0.717, 1.165) is 12.8 Å². The van der Waals surface area contributed by atoms with Gasteiger partial charge in [-0.25, -0.2) is 23.2 Å². The summed E-state index contributed by atoms with van der Waals surface area (Å²) in [5.41, 5.74) is 6.63. The Hall–Kier alpha value is -3.25. The molecule has 4 N–H and O–H groups in total. The molecule has 12 heteroatoms. The number of carbonyl (C=O) groups is 2. The van der Waals surface area contributed by atoms with Crippen molar-refractivity contribution in [3.8, 4) is 11.4 Å². The van der Waals surface area contributed by atoms with Gasteiger partial charge in [0.2, 0.25) is 5.91 Å². The smallest absolute Gasteiger partial charge is 0.319 e. The zero-order valence-electron chi connectivity index (χ0n) is 18.9. The van der Waals surface area contributed by atoms with Crippen molar-refractivity contribution in [1.29, 1.82) is 0 Å². The topological polar surface area (TPSA) is 157 Å². The monoisotopic (exact) mass is 488 g/mol. The van der Waals surface area contributed by atoms with Crippen LogP contribution in [-0.4, -0.2) is 67.9 Å². The number of rotatable bonds is 8. The Morgan fingerprint density at radius 2 is 1.94 bits per heavy atom. The van der Waals surface area contributed by atoms with Gasteiger partial charge >= 0.3 is 6.03 Å². The van der Waals surface area contributed by atoms with Gasteiger partial charge in [0.25, 0.3) is 0 Å². The van der Waals surface area contributed by atoms with Crippen LogP contribution in [0.5, 0.6) is 0 Å². The molecule has 1 aliphatic carbocycles. The highest BCUT2D eigenvalue weighted by Crippen LogP contribution is 2.25. The van der Waals surface area contributed by atoms with Crippen molar-refractivity contribution >= 4 is 33.3 Å². The standard InChI is InChI=1S/C22H28N6O5S/c1-14-11-33-9-8-28(14)20-10-18(12-34(31,32)13-19(23)29)24-21(27-20)15-2-4-16(5-3-15)25-22(30)26-17-6-7-17/h2-5,10,14,17H,6-9,11-13H2,1H3,(H2,23,29)(H2,25,26,30)/t14-/m0/s1. The number of hydrogen-bond acceptors (Lipinski definition) is 8. The van der Waals surface area contributed by atoms with Crippen LogP contribution < -0.4 is 21.3 Å². The van der Waals surface area contributed by atoms with Crippen molar-refractivity contribution in [3.05, 3.63) is 36.0 Å². The molecule has 3 amide bonds. The van der Waals surface area contributed by atoms with Crippen LogP contribution in [0, 0.1) is 0 Å². The molecule has 1 aromatic carbocycles. The number of carbonyl (C=O) groups excluding carboxylic acids is 2. The Morgan fingerprint density at radius 1 is 1.21 bits per heavy atom. The molecule has 0 bridgehead atoms. The van der Waals surface area contributed by atoms with Crippen LogP contribution in [0.15, 0.2) is 30.3 Å². The molecule has 0 unspecified atom stereocenters. The van der Waals surface area contributed by atoms with Gasteiger partial charge in [0.15, 0.2) is 15.7 Å². The molecule has 1 saturated carbocycles. The maximum Gasteiger partial charge on any atom is 0.319 e. The normalized spacial score (nSPS) is 18.4. The second-order valence-corrected chi connectivity index (χ2v) is 10.7. The van der Waals surface area contributed by atoms with E-state index >= 15 is 0 Å². The first-order chi connectivity index (χ1) is 16.2. The Labute approximate surface area is 198 Å². The van der Waals surface area contributed by atoms with Crippen LogP contribution in [0.3, 0.4) is 0 Å². The third-order valence-electron chi connectivity index (χ3n) is 5.47. The number of hydrogen-bond donors (Lipinski definition) is 3. The lowest BCUT2D eigenvalue weighted by Crippen LogP contribution is -2.44. The van der Waals surface area contributed by atoms with E-state index in [2.05, 4.69) is 20.6 Å². The van der Waals surface area contributed by atoms with Crippen LogP contribution in [-0.2, 0) is 25.1 Å². The van der Waals surface area contributed by atoms with Gasteiger partial charge in [-0.05, 0) is 44.0 Å². The van der Waals surface area contributed by atoms with Crippen molar-refractivity contribution in [2.75, 3.05) is 35.7 Å². The fraction of sp³-hybridized carbons (Fsp3) is 0.455. The summed E-state index contributed by atoms with van der Waals surface area (Å²) < 4.78 is 30.3. The average Bonchev–Trinajstić information content (AvgIpc) is 3.57. The minimum atomic E-state index is -3.78. The predicted octanol–water partition coefficient (Wildman–Crippen LogP) is 1.05. The molecule has 2 aromatic rings. The second-order valence-electron chi connectivity index (χ2n) is 8.61. The van der Waals surface area contributed by atoms with Gasteiger partial charge in [0.05, 0.1) is 30.7 Å². The number of morpholine rings is 1. The van der Waals surface area contributed by atoms with Crippen LogP contribution in [0.1, 0.15) is 25.5 Å². The Balaban J connectivity index is 1.61.